The Hall–Kier alpha value is -3.45. The van der Waals surface area contributed by atoms with Crippen molar-refractivity contribution in [1.29, 1.82) is 0 Å². The number of fused-ring (bicyclic) bond motifs is 1. The Labute approximate surface area is 159 Å². The summed E-state index contributed by atoms with van der Waals surface area (Å²) in [5.74, 6) is 0.389. The van der Waals surface area contributed by atoms with Crippen molar-refractivity contribution < 1.29 is 9.90 Å². The second-order valence-electron chi connectivity index (χ2n) is 6.00. The van der Waals surface area contributed by atoms with Crippen LogP contribution < -0.4 is 5.43 Å². The molecule has 3 N–H and O–H groups in total. The fraction of sp³-hybridized carbons (Fsp3) is 0.0500. The lowest BCUT2D eigenvalue weighted by Gasteiger charge is -2.00. The first-order valence-electron chi connectivity index (χ1n) is 8.27. The van der Waals surface area contributed by atoms with Crippen molar-refractivity contribution in [2.45, 2.75) is 6.92 Å². The number of phenols is 1. The lowest BCUT2D eigenvalue weighted by molar-refractivity contribution is 0.0955. The molecule has 0 aliphatic heterocycles. The Kier molecular flexibility index (Phi) is 4.43. The predicted octanol–water partition coefficient (Wildman–Crippen LogP) is 4.07. The second-order valence-corrected chi connectivity index (χ2v) is 6.95. The molecule has 6 nitrogen and oxygen atoms in total. The van der Waals surface area contributed by atoms with Gasteiger partial charge >= 0.3 is 0 Å². The fourth-order valence-corrected chi connectivity index (χ4v) is 3.47. The van der Waals surface area contributed by atoms with Crippen LogP contribution in [0.2, 0.25) is 0 Å². The third-order valence-electron chi connectivity index (χ3n) is 4.15. The third-order valence-corrected chi connectivity index (χ3v) is 5.11. The maximum absolute atomic E-state index is 12.3. The van der Waals surface area contributed by atoms with Crippen molar-refractivity contribution in [2.24, 2.45) is 5.10 Å². The second kappa shape index (κ2) is 7.05. The van der Waals surface area contributed by atoms with Crippen molar-refractivity contribution in [3.05, 3.63) is 69.9 Å². The van der Waals surface area contributed by atoms with E-state index in [4.69, 9.17) is 0 Å². The first-order valence-corrected chi connectivity index (χ1v) is 9.15. The lowest BCUT2D eigenvalue weighted by atomic mass is 10.2. The number of benzene rings is 2. The number of carbonyl (C=O) groups excluding carboxylic acids is 1. The molecular weight excluding hydrogens is 360 g/mol. The van der Waals surface area contributed by atoms with Gasteiger partial charge in [0.15, 0.2) is 0 Å². The number of aromatic amines is 1. The average molecular weight is 376 g/mol. The van der Waals surface area contributed by atoms with Crippen LogP contribution in [0.5, 0.6) is 5.75 Å². The van der Waals surface area contributed by atoms with Gasteiger partial charge in [-0.05, 0) is 54.3 Å². The monoisotopic (exact) mass is 376 g/mol. The van der Waals surface area contributed by atoms with Crippen LogP contribution in [0.1, 0.15) is 20.8 Å². The van der Waals surface area contributed by atoms with Gasteiger partial charge in [0.05, 0.1) is 22.8 Å². The number of aromatic nitrogens is 2. The molecule has 2 aromatic heterocycles. The highest BCUT2D eigenvalue weighted by atomic mass is 32.1. The molecule has 0 fully saturated rings. The van der Waals surface area contributed by atoms with E-state index in [0.29, 0.717) is 28.0 Å². The van der Waals surface area contributed by atoms with E-state index in [-0.39, 0.29) is 11.7 Å². The molecule has 27 heavy (non-hydrogen) atoms. The Bertz CT molecular complexity index is 1160. The number of H-pyrrole nitrogens is 1. The molecule has 0 saturated carbocycles. The fourth-order valence-electron chi connectivity index (χ4n) is 2.68. The highest BCUT2D eigenvalue weighted by Gasteiger charge is 2.11. The zero-order chi connectivity index (χ0) is 18.8. The van der Waals surface area contributed by atoms with Crippen molar-refractivity contribution in [3.8, 4) is 17.1 Å². The zero-order valence-corrected chi connectivity index (χ0v) is 15.2. The van der Waals surface area contributed by atoms with Crippen LogP contribution in [0.25, 0.3) is 22.4 Å². The number of carbonyl (C=O) groups is 1. The molecule has 0 unspecified atom stereocenters. The molecule has 0 aliphatic carbocycles. The number of amides is 1. The minimum absolute atomic E-state index is 0.146. The van der Waals surface area contributed by atoms with E-state index in [1.807, 2.05) is 24.4 Å². The number of para-hydroxylation sites is 1. The molecule has 0 aliphatic rings. The van der Waals surface area contributed by atoms with Crippen LogP contribution in [0.4, 0.5) is 0 Å². The predicted molar refractivity (Wildman–Crippen MR) is 107 cm³/mol. The summed E-state index contributed by atoms with van der Waals surface area (Å²) in [6, 6.07) is 14.1. The summed E-state index contributed by atoms with van der Waals surface area (Å²) in [5, 5.41) is 16.0. The Morgan fingerprint density at radius 1 is 1.26 bits per heavy atom. The first-order chi connectivity index (χ1) is 13.1. The van der Waals surface area contributed by atoms with Crippen LogP contribution >= 0.6 is 11.3 Å². The maximum Gasteiger partial charge on any atom is 0.271 e. The molecule has 0 bridgehead atoms. The van der Waals surface area contributed by atoms with Gasteiger partial charge in [0.2, 0.25) is 0 Å². The zero-order valence-electron chi connectivity index (χ0n) is 14.4. The molecule has 134 valence electrons. The Morgan fingerprint density at radius 3 is 2.89 bits per heavy atom. The molecule has 4 aromatic rings. The summed E-state index contributed by atoms with van der Waals surface area (Å²) in [6.07, 6.45) is 1.64. The smallest absolute Gasteiger partial charge is 0.271 e. The van der Waals surface area contributed by atoms with Crippen LogP contribution in [-0.2, 0) is 0 Å². The molecule has 0 radical (unpaired) electrons. The van der Waals surface area contributed by atoms with Gasteiger partial charge in [-0.25, -0.2) is 10.4 Å². The minimum Gasteiger partial charge on any atom is -0.507 e. The number of nitrogens with one attached hydrogen (secondary N) is 2. The molecule has 7 heteroatoms. The topological polar surface area (TPSA) is 90.4 Å². The van der Waals surface area contributed by atoms with Gasteiger partial charge in [0.1, 0.15) is 11.6 Å². The molecule has 2 aromatic carbocycles. The van der Waals surface area contributed by atoms with Crippen molar-refractivity contribution in [1.82, 2.24) is 15.4 Å². The Balaban J connectivity index is 1.56. The number of hydrazone groups is 1. The van der Waals surface area contributed by atoms with Gasteiger partial charge in [-0.2, -0.15) is 5.10 Å². The lowest BCUT2D eigenvalue weighted by Crippen LogP contribution is -2.17. The normalized spacial score (nSPS) is 11.3. The summed E-state index contributed by atoms with van der Waals surface area (Å²) in [7, 11) is 0. The molecule has 1 amide bonds. The van der Waals surface area contributed by atoms with Gasteiger partial charge < -0.3 is 10.1 Å². The number of rotatable bonds is 4. The number of hydrogen-bond acceptors (Lipinski definition) is 5. The summed E-state index contributed by atoms with van der Waals surface area (Å²) >= 11 is 1.57. The highest BCUT2D eigenvalue weighted by Crippen LogP contribution is 2.28. The number of phenolic OH excluding ortho intramolecular Hbond substituents is 1. The molecular formula is C20H16N4O2S. The number of aromatic hydroxyl groups is 1. The van der Waals surface area contributed by atoms with Crippen LogP contribution in [0, 0.1) is 6.92 Å². The van der Waals surface area contributed by atoms with Crippen LogP contribution in [0.3, 0.4) is 0 Å². The van der Waals surface area contributed by atoms with E-state index >= 15 is 0 Å². The number of hydrogen-bond donors (Lipinski definition) is 3. The van der Waals surface area contributed by atoms with Gasteiger partial charge in [-0.3, -0.25) is 4.79 Å². The third kappa shape index (κ3) is 3.45. The van der Waals surface area contributed by atoms with Gasteiger partial charge in [-0.15, -0.1) is 11.3 Å². The van der Waals surface area contributed by atoms with Crippen LogP contribution in [0.15, 0.2) is 59.0 Å². The van der Waals surface area contributed by atoms with E-state index in [0.717, 1.165) is 10.4 Å². The minimum atomic E-state index is -0.305. The largest absolute Gasteiger partial charge is 0.507 e. The molecule has 0 saturated heterocycles. The SMILES string of the molecule is Cc1ccsc1/C=N/NC(=O)c1ccc2nc(-c3ccccc3O)[nH]c2c1. The summed E-state index contributed by atoms with van der Waals surface area (Å²) in [5.41, 5.74) is 6.15. The number of thiophene rings is 1. The van der Waals surface area contributed by atoms with Gasteiger partial charge in [0.25, 0.3) is 5.91 Å². The number of imidazole rings is 1. The van der Waals surface area contributed by atoms with Gasteiger partial charge in [-0.1, -0.05) is 12.1 Å². The Morgan fingerprint density at radius 2 is 2.11 bits per heavy atom. The van der Waals surface area contributed by atoms with Gasteiger partial charge in [0, 0.05) is 10.4 Å². The summed E-state index contributed by atoms with van der Waals surface area (Å²) < 4.78 is 0. The van der Waals surface area contributed by atoms with E-state index < -0.39 is 0 Å². The van der Waals surface area contributed by atoms with E-state index in [2.05, 4.69) is 20.5 Å². The average Bonchev–Trinajstić information content (AvgIpc) is 3.27. The highest BCUT2D eigenvalue weighted by molar-refractivity contribution is 7.11. The molecule has 4 rings (SSSR count). The van der Waals surface area contributed by atoms with Crippen molar-refractivity contribution in [2.75, 3.05) is 0 Å². The van der Waals surface area contributed by atoms with Crippen molar-refractivity contribution in [3.63, 3.8) is 0 Å². The number of aryl methyl sites for hydroxylation is 1. The van der Waals surface area contributed by atoms with Crippen molar-refractivity contribution >= 4 is 34.5 Å². The number of nitrogens with zero attached hydrogens (tertiary/aromatic N) is 2. The standard InChI is InChI=1S/C20H16N4O2S/c1-12-8-9-27-18(12)11-21-24-20(26)13-6-7-15-16(10-13)23-19(22-15)14-4-2-3-5-17(14)25/h2-11,25H,1H3,(H,22,23)(H,24,26)/b21-11+. The van der Waals surface area contributed by atoms with E-state index in [9.17, 15) is 9.90 Å². The van der Waals surface area contributed by atoms with E-state index in [1.165, 1.54) is 0 Å². The van der Waals surface area contributed by atoms with E-state index in [1.54, 1.807) is 53.9 Å². The summed E-state index contributed by atoms with van der Waals surface area (Å²) in [6.45, 7) is 1.99. The quantitative estimate of drug-likeness (QED) is 0.370. The molecule has 0 spiro atoms. The van der Waals surface area contributed by atoms with Crippen LogP contribution in [-0.4, -0.2) is 27.2 Å². The maximum atomic E-state index is 12.3. The first kappa shape index (κ1) is 17.0. The molecule has 0 atom stereocenters. The molecule has 2 heterocycles. The summed E-state index contributed by atoms with van der Waals surface area (Å²) in [4.78, 5) is 21.0.